The monoisotopic (exact) mass is 410 g/mol. The van der Waals surface area contributed by atoms with E-state index >= 15 is 0 Å². The van der Waals surface area contributed by atoms with Crippen LogP contribution in [0.4, 0.5) is 4.79 Å². The van der Waals surface area contributed by atoms with Crippen LogP contribution in [0.15, 0.2) is 41.0 Å². The third kappa shape index (κ3) is 4.14. The van der Waals surface area contributed by atoms with Gasteiger partial charge in [-0.3, -0.25) is 4.79 Å². The van der Waals surface area contributed by atoms with E-state index in [1.807, 2.05) is 6.92 Å². The molecule has 7 nitrogen and oxygen atoms in total. The van der Waals surface area contributed by atoms with Crippen LogP contribution in [-0.4, -0.2) is 30.8 Å². The Morgan fingerprint density at radius 3 is 2.84 bits per heavy atom. The molecule has 0 saturated carbocycles. The van der Waals surface area contributed by atoms with E-state index < -0.39 is 24.0 Å². The van der Waals surface area contributed by atoms with Crippen molar-refractivity contribution in [1.29, 1.82) is 0 Å². The normalized spacial score (nSPS) is 20.1. The molecule has 0 bridgehead atoms. The van der Waals surface area contributed by atoms with Crippen molar-refractivity contribution in [3.05, 3.63) is 46.6 Å². The number of methoxy groups -OCH3 is 1. The second-order valence-corrected chi connectivity index (χ2v) is 6.19. The van der Waals surface area contributed by atoms with Crippen molar-refractivity contribution in [3.63, 3.8) is 0 Å². The third-order valence-electron chi connectivity index (χ3n) is 3.71. The van der Waals surface area contributed by atoms with Crippen LogP contribution < -0.4 is 15.4 Å². The second kappa shape index (κ2) is 8.06. The number of rotatable bonds is 5. The van der Waals surface area contributed by atoms with Crippen molar-refractivity contribution >= 4 is 27.9 Å². The molecule has 0 aromatic heterocycles. The highest BCUT2D eigenvalue weighted by molar-refractivity contribution is 9.10. The number of amides is 2. The number of allylic oxidation sites excluding steroid dienone is 1. The number of halogens is 1. The maximum atomic E-state index is 12.5. The molecule has 0 radical (unpaired) electrons. The SMILES string of the molecule is C=C1NC(=O)N[C@@H](c2cc(Br)c(O)c(OC)c2)[C@@H]1C(=O)OC/C=C/C. The number of hydrogen-bond acceptors (Lipinski definition) is 5. The van der Waals surface area contributed by atoms with E-state index in [1.54, 1.807) is 24.3 Å². The first-order valence-corrected chi connectivity index (χ1v) is 8.28. The standard InChI is InChI=1S/C17H19BrN2O5/c1-4-5-6-25-16(22)13-9(2)19-17(23)20-14(13)10-7-11(18)15(21)12(8-10)24-3/h4-5,7-8,13-14,21H,2,6H2,1,3H3,(H2,19,20,23)/b5-4+/t13-,14+/m1/s1. The summed E-state index contributed by atoms with van der Waals surface area (Å²) in [4.78, 5) is 24.3. The predicted molar refractivity (Wildman–Crippen MR) is 95.2 cm³/mol. The molecule has 2 atom stereocenters. The number of hydrogen-bond donors (Lipinski definition) is 3. The first-order chi connectivity index (χ1) is 11.9. The zero-order chi connectivity index (χ0) is 18.6. The Labute approximate surface area is 153 Å². The van der Waals surface area contributed by atoms with Gasteiger partial charge >= 0.3 is 12.0 Å². The van der Waals surface area contributed by atoms with Crippen LogP contribution in [0.1, 0.15) is 18.5 Å². The van der Waals surface area contributed by atoms with E-state index in [0.29, 0.717) is 10.0 Å². The van der Waals surface area contributed by atoms with Crippen molar-refractivity contribution < 1.29 is 24.2 Å². The summed E-state index contributed by atoms with van der Waals surface area (Å²) in [6, 6.07) is 1.96. The molecule has 2 amide bonds. The van der Waals surface area contributed by atoms with Gasteiger partial charge < -0.3 is 25.2 Å². The summed E-state index contributed by atoms with van der Waals surface area (Å²) in [5, 5.41) is 15.1. The van der Waals surface area contributed by atoms with E-state index in [-0.39, 0.29) is 23.8 Å². The summed E-state index contributed by atoms with van der Waals surface area (Å²) < 4.78 is 10.7. The first-order valence-electron chi connectivity index (χ1n) is 7.49. The fourth-order valence-corrected chi connectivity index (χ4v) is 2.94. The quantitative estimate of drug-likeness (QED) is 0.512. The zero-order valence-electron chi connectivity index (χ0n) is 13.8. The minimum atomic E-state index is -0.830. The molecule has 1 heterocycles. The molecule has 1 aliphatic heterocycles. The van der Waals surface area contributed by atoms with Crippen molar-refractivity contribution in [3.8, 4) is 11.5 Å². The van der Waals surface area contributed by atoms with Gasteiger partial charge in [-0.25, -0.2) is 4.79 Å². The molecule has 0 spiro atoms. The van der Waals surface area contributed by atoms with Crippen LogP contribution in [0.3, 0.4) is 0 Å². The summed E-state index contributed by atoms with van der Waals surface area (Å²) in [6.07, 6.45) is 3.47. The van der Waals surface area contributed by atoms with Gasteiger partial charge in [0.15, 0.2) is 11.5 Å². The van der Waals surface area contributed by atoms with Gasteiger partial charge in [-0.15, -0.1) is 0 Å². The highest BCUT2D eigenvalue weighted by Crippen LogP contribution is 2.40. The number of carbonyl (C=O) groups is 2. The number of carbonyl (C=O) groups excluding carboxylic acids is 2. The van der Waals surface area contributed by atoms with Crippen LogP contribution in [0, 0.1) is 5.92 Å². The fourth-order valence-electron chi connectivity index (χ4n) is 2.48. The van der Waals surface area contributed by atoms with E-state index in [1.165, 1.54) is 7.11 Å². The molecule has 3 N–H and O–H groups in total. The number of nitrogens with one attached hydrogen (secondary N) is 2. The average Bonchev–Trinajstić information content (AvgIpc) is 2.56. The summed E-state index contributed by atoms with van der Waals surface area (Å²) >= 11 is 3.24. The van der Waals surface area contributed by atoms with E-state index in [4.69, 9.17) is 9.47 Å². The maximum absolute atomic E-state index is 12.5. The number of phenolic OH excluding ortho intramolecular Hbond substituents is 1. The molecule has 0 aliphatic carbocycles. The molecule has 134 valence electrons. The van der Waals surface area contributed by atoms with Gasteiger partial charge in [0.1, 0.15) is 12.5 Å². The van der Waals surface area contributed by atoms with Crippen LogP contribution >= 0.6 is 15.9 Å². The summed E-state index contributed by atoms with van der Waals surface area (Å²) in [5.74, 6) is -1.21. The molecule has 1 aliphatic rings. The predicted octanol–water partition coefficient (Wildman–Crippen LogP) is 2.77. The smallest absolute Gasteiger partial charge is 0.319 e. The third-order valence-corrected chi connectivity index (χ3v) is 4.32. The van der Waals surface area contributed by atoms with E-state index in [2.05, 4.69) is 33.1 Å². The van der Waals surface area contributed by atoms with Gasteiger partial charge in [0, 0.05) is 5.70 Å². The molecule has 1 fully saturated rings. The Morgan fingerprint density at radius 1 is 1.48 bits per heavy atom. The van der Waals surface area contributed by atoms with Gasteiger partial charge in [-0.2, -0.15) is 0 Å². The molecule has 2 rings (SSSR count). The molecule has 0 unspecified atom stereocenters. The Balaban J connectivity index is 2.40. The summed E-state index contributed by atoms with van der Waals surface area (Å²) in [7, 11) is 1.41. The molecular weight excluding hydrogens is 392 g/mol. The first kappa shape index (κ1) is 18.9. The van der Waals surface area contributed by atoms with Gasteiger partial charge in [0.25, 0.3) is 0 Å². The van der Waals surface area contributed by atoms with Gasteiger partial charge in [0.2, 0.25) is 0 Å². The number of urea groups is 1. The van der Waals surface area contributed by atoms with E-state index in [9.17, 15) is 14.7 Å². The number of ether oxygens (including phenoxy) is 2. The van der Waals surface area contributed by atoms with E-state index in [0.717, 1.165) is 0 Å². The maximum Gasteiger partial charge on any atom is 0.319 e. The highest BCUT2D eigenvalue weighted by atomic mass is 79.9. The number of benzene rings is 1. The fraction of sp³-hybridized carbons (Fsp3) is 0.294. The van der Waals surface area contributed by atoms with Gasteiger partial charge in [-0.1, -0.05) is 18.7 Å². The van der Waals surface area contributed by atoms with Crippen molar-refractivity contribution in [2.24, 2.45) is 5.92 Å². The van der Waals surface area contributed by atoms with Crippen LogP contribution in [0.5, 0.6) is 11.5 Å². The van der Waals surface area contributed by atoms with Crippen LogP contribution in [0.2, 0.25) is 0 Å². The van der Waals surface area contributed by atoms with Gasteiger partial charge in [0.05, 0.1) is 17.6 Å². The molecule has 8 heteroatoms. The second-order valence-electron chi connectivity index (χ2n) is 5.33. The lowest BCUT2D eigenvalue weighted by molar-refractivity contribution is -0.147. The lowest BCUT2D eigenvalue weighted by Crippen LogP contribution is -2.51. The highest BCUT2D eigenvalue weighted by Gasteiger charge is 2.39. The Kier molecular flexibility index (Phi) is 6.08. The van der Waals surface area contributed by atoms with Crippen molar-refractivity contribution in [2.45, 2.75) is 13.0 Å². The molecule has 1 aromatic carbocycles. The average molecular weight is 411 g/mol. The Bertz CT molecular complexity index is 732. The Hall–Kier alpha value is -2.48. The molecule has 1 saturated heterocycles. The molecule has 1 aromatic rings. The number of aromatic hydroxyl groups is 1. The lowest BCUT2D eigenvalue weighted by atomic mass is 9.89. The van der Waals surface area contributed by atoms with Crippen molar-refractivity contribution in [1.82, 2.24) is 10.6 Å². The van der Waals surface area contributed by atoms with Crippen LogP contribution in [-0.2, 0) is 9.53 Å². The summed E-state index contributed by atoms with van der Waals surface area (Å²) in [6.45, 7) is 5.72. The van der Waals surface area contributed by atoms with Gasteiger partial charge in [-0.05, 0) is 40.5 Å². The lowest BCUT2D eigenvalue weighted by Gasteiger charge is -2.33. The topological polar surface area (TPSA) is 96.9 Å². The van der Waals surface area contributed by atoms with Crippen molar-refractivity contribution in [2.75, 3.05) is 13.7 Å². The molecular formula is C17H19BrN2O5. The number of esters is 1. The Morgan fingerprint density at radius 2 is 2.20 bits per heavy atom. The van der Waals surface area contributed by atoms with Crippen LogP contribution in [0.25, 0.3) is 0 Å². The number of phenols is 1. The largest absolute Gasteiger partial charge is 0.503 e. The zero-order valence-corrected chi connectivity index (χ0v) is 15.4. The summed E-state index contributed by atoms with van der Waals surface area (Å²) in [5.41, 5.74) is 0.799. The molecule has 25 heavy (non-hydrogen) atoms. The minimum Gasteiger partial charge on any atom is -0.503 e. The minimum absolute atomic E-state index is 0.0717.